The van der Waals surface area contributed by atoms with Crippen molar-refractivity contribution in [1.29, 1.82) is 0 Å². The van der Waals surface area contributed by atoms with Crippen LogP contribution in [0.2, 0.25) is 0 Å². The molecule has 1 heterocycles. The van der Waals surface area contributed by atoms with Crippen LogP contribution in [-0.4, -0.2) is 18.6 Å². The molecule has 0 atom stereocenters. The first kappa shape index (κ1) is 16.9. The van der Waals surface area contributed by atoms with Gasteiger partial charge in [0.2, 0.25) is 0 Å². The minimum absolute atomic E-state index is 0.108. The van der Waals surface area contributed by atoms with Crippen molar-refractivity contribution in [1.82, 2.24) is 10.3 Å². The number of methoxy groups -OCH3 is 1. The van der Waals surface area contributed by atoms with Gasteiger partial charge in [-0.05, 0) is 31.7 Å². The normalized spacial score (nSPS) is 18.3. The molecule has 0 saturated heterocycles. The first-order chi connectivity index (χ1) is 10.1. The van der Waals surface area contributed by atoms with Gasteiger partial charge in [-0.2, -0.15) is 0 Å². The summed E-state index contributed by atoms with van der Waals surface area (Å²) in [6, 6.07) is 0. The maximum atomic E-state index is 5.95. The van der Waals surface area contributed by atoms with Gasteiger partial charge in [-0.1, -0.05) is 40.0 Å². The maximum Gasteiger partial charge on any atom is 0.125 e. The smallest absolute Gasteiger partial charge is 0.125 e. The molecule has 0 aromatic carbocycles. The van der Waals surface area contributed by atoms with Crippen LogP contribution in [0.5, 0.6) is 0 Å². The van der Waals surface area contributed by atoms with Gasteiger partial charge < -0.3 is 10.1 Å². The van der Waals surface area contributed by atoms with Crippen LogP contribution in [0, 0.1) is 5.92 Å². The van der Waals surface area contributed by atoms with E-state index >= 15 is 0 Å². The number of thiazole rings is 1. The Balaban J connectivity index is 2.14. The van der Waals surface area contributed by atoms with Gasteiger partial charge in [0.05, 0.1) is 5.69 Å². The molecule has 21 heavy (non-hydrogen) atoms. The molecule has 1 aromatic rings. The summed E-state index contributed by atoms with van der Waals surface area (Å²) >= 11 is 1.87. The number of aryl methyl sites for hydroxylation is 1. The van der Waals surface area contributed by atoms with Crippen LogP contribution < -0.4 is 5.32 Å². The molecule has 0 bridgehead atoms. The van der Waals surface area contributed by atoms with E-state index in [0.29, 0.717) is 5.92 Å². The minimum Gasteiger partial charge on any atom is -0.371 e. The maximum absolute atomic E-state index is 5.95. The molecule has 2 rings (SSSR count). The third-order valence-electron chi connectivity index (χ3n) is 4.39. The van der Waals surface area contributed by atoms with Gasteiger partial charge in [-0.15, -0.1) is 11.3 Å². The fourth-order valence-electron chi connectivity index (χ4n) is 3.10. The molecule has 1 aliphatic carbocycles. The van der Waals surface area contributed by atoms with Crippen molar-refractivity contribution in [3.63, 3.8) is 0 Å². The molecule has 0 unspecified atom stereocenters. The zero-order valence-electron chi connectivity index (χ0n) is 14.0. The Labute approximate surface area is 133 Å². The van der Waals surface area contributed by atoms with E-state index in [1.165, 1.54) is 34.8 Å². The molecule has 1 saturated carbocycles. The minimum atomic E-state index is -0.108. The largest absolute Gasteiger partial charge is 0.371 e. The van der Waals surface area contributed by atoms with Crippen molar-refractivity contribution < 1.29 is 4.74 Å². The third-order valence-corrected chi connectivity index (χ3v) is 5.68. The highest BCUT2D eigenvalue weighted by atomic mass is 32.1. The van der Waals surface area contributed by atoms with Crippen molar-refractivity contribution in [2.45, 2.75) is 71.4 Å². The molecule has 1 aromatic heterocycles. The summed E-state index contributed by atoms with van der Waals surface area (Å²) in [6.07, 6.45) is 7.11. The van der Waals surface area contributed by atoms with Gasteiger partial charge in [0, 0.05) is 18.5 Å². The Bertz CT molecular complexity index is 436. The second kappa shape index (κ2) is 7.70. The molecular formula is C17H30N2OS. The quantitative estimate of drug-likeness (QED) is 0.817. The van der Waals surface area contributed by atoms with Gasteiger partial charge in [0.15, 0.2) is 0 Å². The number of hydrogen-bond acceptors (Lipinski definition) is 4. The van der Waals surface area contributed by atoms with E-state index in [-0.39, 0.29) is 5.60 Å². The lowest BCUT2D eigenvalue weighted by Crippen LogP contribution is -2.31. The Morgan fingerprint density at radius 2 is 2.00 bits per heavy atom. The van der Waals surface area contributed by atoms with Crippen LogP contribution in [-0.2, 0) is 23.3 Å². The Morgan fingerprint density at radius 1 is 1.29 bits per heavy atom. The van der Waals surface area contributed by atoms with E-state index < -0.39 is 0 Å². The molecule has 1 N–H and O–H groups in total. The highest BCUT2D eigenvalue weighted by molar-refractivity contribution is 7.11. The van der Waals surface area contributed by atoms with E-state index in [4.69, 9.17) is 9.72 Å². The average Bonchev–Trinajstić information content (AvgIpc) is 2.91. The SMILES string of the molecule is CCc1nc(C2(OC)CCCCC2)sc1CNCC(C)C. The lowest BCUT2D eigenvalue weighted by molar-refractivity contribution is -0.0447. The van der Waals surface area contributed by atoms with Crippen molar-refractivity contribution in [2.24, 2.45) is 5.92 Å². The second-order valence-electron chi connectivity index (χ2n) is 6.53. The van der Waals surface area contributed by atoms with Crippen LogP contribution in [0.1, 0.15) is 68.5 Å². The molecule has 1 fully saturated rings. The molecular weight excluding hydrogens is 280 g/mol. The van der Waals surface area contributed by atoms with E-state index in [1.807, 2.05) is 18.4 Å². The van der Waals surface area contributed by atoms with Crippen molar-refractivity contribution in [3.05, 3.63) is 15.6 Å². The van der Waals surface area contributed by atoms with Gasteiger partial charge in [-0.25, -0.2) is 4.98 Å². The lowest BCUT2D eigenvalue weighted by Gasteiger charge is -2.34. The first-order valence-corrected chi connectivity index (χ1v) is 9.18. The molecule has 1 aliphatic rings. The highest BCUT2D eigenvalue weighted by Crippen LogP contribution is 2.42. The Kier molecular flexibility index (Phi) is 6.20. The van der Waals surface area contributed by atoms with Crippen LogP contribution in [0.15, 0.2) is 0 Å². The van der Waals surface area contributed by atoms with E-state index in [9.17, 15) is 0 Å². The van der Waals surface area contributed by atoms with E-state index in [0.717, 1.165) is 32.4 Å². The fourth-order valence-corrected chi connectivity index (χ4v) is 4.44. The summed E-state index contributed by atoms with van der Waals surface area (Å²) in [7, 11) is 1.86. The zero-order valence-corrected chi connectivity index (χ0v) is 14.8. The number of nitrogens with one attached hydrogen (secondary N) is 1. The molecule has 120 valence electrons. The summed E-state index contributed by atoms with van der Waals surface area (Å²) in [5.41, 5.74) is 1.15. The Hall–Kier alpha value is -0.450. The lowest BCUT2D eigenvalue weighted by atomic mass is 9.85. The van der Waals surface area contributed by atoms with Crippen LogP contribution >= 0.6 is 11.3 Å². The highest BCUT2D eigenvalue weighted by Gasteiger charge is 2.37. The molecule has 0 radical (unpaired) electrons. The van der Waals surface area contributed by atoms with Crippen molar-refractivity contribution in [3.8, 4) is 0 Å². The van der Waals surface area contributed by atoms with Gasteiger partial charge >= 0.3 is 0 Å². The number of hydrogen-bond donors (Lipinski definition) is 1. The van der Waals surface area contributed by atoms with Crippen LogP contribution in [0.3, 0.4) is 0 Å². The fraction of sp³-hybridized carbons (Fsp3) is 0.824. The first-order valence-electron chi connectivity index (χ1n) is 8.36. The topological polar surface area (TPSA) is 34.1 Å². The van der Waals surface area contributed by atoms with Crippen molar-refractivity contribution in [2.75, 3.05) is 13.7 Å². The number of aromatic nitrogens is 1. The monoisotopic (exact) mass is 310 g/mol. The Morgan fingerprint density at radius 3 is 2.57 bits per heavy atom. The van der Waals surface area contributed by atoms with Crippen LogP contribution in [0.25, 0.3) is 0 Å². The molecule has 3 nitrogen and oxygen atoms in total. The predicted molar refractivity (Wildman–Crippen MR) is 89.8 cm³/mol. The van der Waals surface area contributed by atoms with Gasteiger partial charge in [0.1, 0.15) is 10.6 Å². The standard InChI is InChI=1S/C17H30N2OS/c1-5-14-15(12-18-11-13(2)3)21-16(19-14)17(20-4)9-7-6-8-10-17/h13,18H,5-12H2,1-4H3. The number of ether oxygens (including phenoxy) is 1. The van der Waals surface area contributed by atoms with E-state index in [1.54, 1.807) is 0 Å². The summed E-state index contributed by atoms with van der Waals surface area (Å²) in [5.74, 6) is 0.686. The summed E-state index contributed by atoms with van der Waals surface area (Å²) in [5, 5.41) is 4.76. The third kappa shape index (κ3) is 4.05. The summed E-state index contributed by atoms with van der Waals surface area (Å²) in [4.78, 5) is 6.34. The van der Waals surface area contributed by atoms with E-state index in [2.05, 4.69) is 26.1 Å². The number of nitrogens with zero attached hydrogens (tertiary/aromatic N) is 1. The van der Waals surface area contributed by atoms with Gasteiger partial charge in [0.25, 0.3) is 0 Å². The summed E-state index contributed by atoms with van der Waals surface area (Å²) in [6.45, 7) is 8.69. The predicted octanol–water partition coefficient (Wildman–Crippen LogP) is 4.26. The summed E-state index contributed by atoms with van der Waals surface area (Å²) < 4.78 is 5.95. The van der Waals surface area contributed by atoms with Crippen molar-refractivity contribution >= 4 is 11.3 Å². The molecule has 0 aliphatic heterocycles. The molecule has 0 amide bonds. The molecule has 4 heteroatoms. The van der Waals surface area contributed by atoms with Gasteiger partial charge in [-0.3, -0.25) is 0 Å². The van der Waals surface area contributed by atoms with Crippen LogP contribution in [0.4, 0.5) is 0 Å². The molecule has 0 spiro atoms. The zero-order chi connectivity index (χ0) is 15.3. The number of rotatable bonds is 7. The average molecular weight is 311 g/mol. The second-order valence-corrected chi connectivity index (χ2v) is 7.61.